The van der Waals surface area contributed by atoms with Crippen molar-refractivity contribution in [3.63, 3.8) is 0 Å². The molecule has 22 heavy (non-hydrogen) atoms. The van der Waals surface area contributed by atoms with Crippen LogP contribution in [0.3, 0.4) is 0 Å². The van der Waals surface area contributed by atoms with E-state index in [4.69, 9.17) is 4.74 Å². The van der Waals surface area contributed by atoms with Gasteiger partial charge in [-0.3, -0.25) is 9.36 Å². The fourth-order valence-corrected chi connectivity index (χ4v) is 1.92. The molecule has 0 bridgehead atoms. The smallest absolute Gasteiger partial charge is 0.319 e. The molecule has 0 aliphatic heterocycles. The maximum Gasteiger partial charge on any atom is 0.319 e. The molecule has 116 valence electrons. The molecule has 0 spiro atoms. The third-order valence-electron chi connectivity index (χ3n) is 3.07. The minimum atomic E-state index is -0.363. The van der Waals surface area contributed by atoms with Gasteiger partial charge in [0.05, 0.1) is 19.1 Å². The molecule has 0 saturated heterocycles. The lowest BCUT2D eigenvalue weighted by molar-refractivity contribution is 0.251. The first kappa shape index (κ1) is 15.6. The zero-order valence-electron chi connectivity index (χ0n) is 12.5. The number of hydrogen-bond donors (Lipinski definition) is 2. The Hall–Kier alpha value is -2.83. The molecule has 0 saturated carbocycles. The second kappa shape index (κ2) is 7.26. The first-order chi connectivity index (χ1) is 10.6. The molecule has 0 fully saturated rings. The number of nitrogens with one attached hydrogen (secondary N) is 2. The van der Waals surface area contributed by atoms with Gasteiger partial charge in [-0.15, -0.1) is 0 Å². The fourth-order valence-electron chi connectivity index (χ4n) is 1.92. The number of hydrogen-bond acceptors (Lipinski definition) is 4. The Morgan fingerprint density at radius 2 is 2.14 bits per heavy atom. The van der Waals surface area contributed by atoms with Gasteiger partial charge in [0.25, 0.3) is 5.56 Å². The minimum Gasteiger partial charge on any atom is -0.495 e. The summed E-state index contributed by atoms with van der Waals surface area (Å²) in [4.78, 5) is 27.6. The molecule has 7 heteroatoms. The van der Waals surface area contributed by atoms with Crippen molar-refractivity contribution in [1.29, 1.82) is 0 Å². The van der Waals surface area contributed by atoms with Gasteiger partial charge in [0, 0.05) is 24.8 Å². The lowest BCUT2D eigenvalue weighted by Gasteiger charge is -2.11. The molecular formula is C15H18N4O3. The fraction of sp³-hybridized carbons (Fsp3) is 0.267. The van der Waals surface area contributed by atoms with E-state index in [0.29, 0.717) is 30.1 Å². The van der Waals surface area contributed by atoms with E-state index in [9.17, 15) is 9.59 Å². The number of ether oxygens (including phenoxy) is 1. The van der Waals surface area contributed by atoms with E-state index in [1.165, 1.54) is 24.2 Å². The Morgan fingerprint density at radius 3 is 2.91 bits per heavy atom. The molecule has 2 amide bonds. The van der Waals surface area contributed by atoms with E-state index < -0.39 is 0 Å². The molecule has 0 atom stereocenters. The zero-order chi connectivity index (χ0) is 15.9. The SMILES string of the molecule is COc1ccccc1NC(=O)NCCn1cncc(C)c1=O. The summed E-state index contributed by atoms with van der Waals surface area (Å²) in [6.07, 6.45) is 2.97. The number of aryl methyl sites for hydroxylation is 1. The van der Waals surface area contributed by atoms with Gasteiger partial charge >= 0.3 is 6.03 Å². The molecule has 1 aromatic heterocycles. The Labute approximate surface area is 127 Å². The maximum atomic E-state index is 11.8. The van der Waals surface area contributed by atoms with Crippen molar-refractivity contribution in [3.8, 4) is 5.75 Å². The second-order valence-corrected chi connectivity index (χ2v) is 4.66. The molecule has 7 nitrogen and oxygen atoms in total. The predicted molar refractivity (Wildman–Crippen MR) is 83.2 cm³/mol. The Kier molecular flexibility index (Phi) is 5.13. The predicted octanol–water partition coefficient (Wildman–Crippen LogP) is 1.38. The molecule has 1 heterocycles. The Morgan fingerprint density at radius 1 is 1.36 bits per heavy atom. The van der Waals surface area contributed by atoms with E-state index in [0.717, 1.165) is 0 Å². The van der Waals surface area contributed by atoms with Gasteiger partial charge in [-0.2, -0.15) is 0 Å². The standard InChI is InChI=1S/C15H18N4O3/c1-11-9-16-10-19(14(11)20)8-7-17-15(21)18-12-5-3-4-6-13(12)22-2/h3-6,9-10H,7-8H2,1-2H3,(H2,17,18,21). The molecule has 2 aromatic rings. The number of amides is 2. The van der Waals surface area contributed by atoms with E-state index in [1.807, 2.05) is 6.07 Å². The zero-order valence-corrected chi connectivity index (χ0v) is 12.5. The van der Waals surface area contributed by atoms with Crippen molar-refractivity contribution in [2.24, 2.45) is 0 Å². The summed E-state index contributed by atoms with van der Waals surface area (Å²) in [6.45, 7) is 2.37. The molecule has 0 unspecified atom stereocenters. The average Bonchev–Trinajstić information content (AvgIpc) is 2.52. The van der Waals surface area contributed by atoms with Crippen molar-refractivity contribution < 1.29 is 9.53 Å². The van der Waals surface area contributed by atoms with Crippen LogP contribution >= 0.6 is 0 Å². The summed E-state index contributed by atoms with van der Waals surface area (Å²) < 4.78 is 6.61. The van der Waals surface area contributed by atoms with Crippen molar-refractivity contribution in [3.05, 3.63) is 52.7 Å². The molecule has 0 radical (unpaired) electrons. The monoisotopic (exact) mass is 302 g/mol. The second-order valence-electron chi connectivity index (χ2n) is 4.66. The number of urea groups is 1. The van der Waals surface area contributed by atoms with Gasteiger partial charge in [0.15, 0.2) is 0 Å². The molecule has 1 aromatic carbocycles. The summed E-state index contributed by atoms with van der Waals surface area (Å²) in [5.41, 5.74) is 1.04. The van der Waals surface area contributed by atoms with Gasteiger partial charge in [-0.05, 0) is 19.1 Å². The van der Waals surface area contributed by atoms with Crippen LogP contribution in [0.1, 0.15) is 5.56 Å². The normalized spacial score (nSPS) is 10.1. The number of rotatable bonds is 5. The number of nitrogens with zero attached hydrogens (tertiary/aromatic N) is 2. The quantitative estimate of drug-likeness (QED) is 0.874. The average molecular weight is 302 g/mol. The molecule has 0 aliphatic rings. The lowest BCUT2D eigenvalue weighted by atomic mass is 10.3. The number of methoxy groups -OCH3 is 1. The van der Waals surface area contributed by atoms with Crippen LogP contribution in [-0.2, 0) is 6.54 Å². The van der Waals surface area contributed by atoms with Crippen LogP contribution in [0.15, 0.2) is 41.6 Å². The van der Waals surface area contributed by atoms with Gasteiger partial charge in [0.2, 0.25) is 0 Å². The lowest BCUT2D eigenvalue weighted by Crippen LogP contribution is -2.34. The highest BCUT2D eigenvalue weighted by Crippen LogP contribution is 2.22. The topological polar surface area (TPSA) is 85.2 Å². The Bertz CT molecular complexity index is 712. The van der Waals surface area contributed by atoms with Crippen molar-refractivity contribution in [2.45, 2.75) is 13.5 Å². The molecular weight excluding hydrogens is 284 g/mol. The number of anilines is 1. The number of carbonyl (C=O) groups is 1. The molecule has 0 aliphatic carbocycles. The minimum absolute atomic E-state index is 0.109. The Balaban J connectivity index is 1.88. The summed E-state index contributed by atoms with van der Waals surface area (Å²) in [6, 6.07) is 6.76. The summed E-state index contributed by atoms with van der Waals surface area (Å²) >= 11 is 0. The molecule has 2 N–H and O–H groups in total. The van der Waals surface area contributed by atoms with Crippen LogP contribution < -0.4 is 20.9 Å². The third-order valence-corrected chi connectivity index (χ3v) is 3.07. The third kappa shape index (κ3) is 3.85. The number of aromatic nitrogens is 2. The number of benzene rings is 1. The van der Waals surface area contributed by atoms with E-state index in [2.05, 4.69) is 15.6 Å². The maximum absolute atomic E-state index is 11.8. The van der Waals surface area contributed by atoms with Crippen LogP contribution in [0.2, 0.25) is 0 Å². The van der Waals surface area contributed by atoms with Crippen LogP contribution in [0.4, 0.5) is 10.5 Å². The van der Waals surface area contributed by atoms with E-state index >= 15 is 0 Å². The van der Waals surface area contributed by atoms with Crippen molar-refractivity contribution >= 4 is 11.7 Å². The van der Waals surface area contributed by atoms with Crippen LogP contribution in [0.25, 0.3) is 0 Å². The largest absolute Gasteiger partial charge is 0.495 e. The van der Waals surface area contributed by atoms with Gasteiger partial charge in [-0.25, -0.2) is 9.78 Å². The van der Waals surface area contributed by atoms with E-state index in [-0.39, 0.29) is 11.6 Å². The van der Waals surface area contributed by atoms with Crippen LogP contribution in [-0.4, -0.2) is 29.2 Å². The van der Waals surface area contributed by atoms with Gasteiger partial charge < -0.3 is 15.4 Å². The summed E-state index contributed by atoms with van der Waals surface area (Å²) in [5, 5.41) is 5.38. The van der Waals surface area contributed by atoms with Gasteiger partial charge in [-0.1, -0.05) is 12.1 Å². The van der Waals surface area contributed by atoms with Gasteiger partial charge in [0.1, 0.15) is 5.75 Å². The van der Waals surface area contributed by atoms with Crippen molar-refractivity contribution in [2.75, 3.05) is 19.0 Å². The highest BCUT2D eigenvalue weighted by molar-refractivity contribution is 5.90. The number of carbonyl (C=O) groups excluding carboxylic acids is 1. The first-order valence-electron chi connectivity index (χ1n) is 6.80. The van der Waals surface area contributed by atoms with Crippen LogP contribution in [0.5, 0.6) is 5.75 Å². The summed E-state index contributed by atoms with van der Waals surface area (Å²) in [7, 11) is 1.54. The first-order valence-corrected chi connectivity index (χ1v) is 6.80. The van der Waals surface area contributed by atoms with E-state index in [1.54, 1.807) is 25.1 Å². The van der Waals surface area contributed by atoms with Crippen molar-refractivity contribution in [1.82, 2.24) is 14.9 Å². The highest BCUT2D eigenvalue weighted by Gasteiger charge is 2.06. The highest BCUT2D eigenvalue weighted by atomic mass is 16.5. The molecule has 2 rings (SSSR count). The number of para-hydroxylation sites is 2. The summed E-state index contributed by atoms with van der Waals surface area (Å²) in [5.74, 6) is 0.580. The van der Waals surface area contributed by atoms with Crippen LogP contribution in [0, 0.1) is 6.92 Å².